The van der Waals surface area contributed by atoms with Crippen LogP contribution in [0.5, 0.6) is 0 Å². The monoisotopic (exact) mass is 327 g/mol. The van der Waals surface area contributed by atoms with Crippen molar-refractivity contribution in [2.24, 2.45) is 5.73 Å². The number of aromatic nitrogens is 2. The van der Waals surface area contributed by atoms with Gasteiger partial charge in [-0.05, 0) is 37.4 Å². The topological polar surface area (TPSA) is 101 Å². The van der Waals surface area contributed by atoms with Crippen LogP contribution in [0.1, 0.15) is 24.2 Å². The van der Waals surface area contributed by atoms with E-state index in [1.165, 1.54) is 6.20 Å². The van der Waals surface area contributed by atoms with Crippen LogP contribution >= 0.6 is 0 Å². The molecule has 0 aliphatic heterocycles. The molecule has 0 aliphatic rings. The average Bonchev–Trinajstić information content (AvgIpc) is 2.60. The molecule has 0 saturated heterocycles. The third-order valence-electron chi connectivity index (χ3n) is 3.62. The van der Waals surface area contributed by atoms with Gasteiger partial charge in [-0.1, -0.05) is 13.8 Å². The number of anilines is 1. The van der Waals surface area contributed by atoms with Gasteiger partial charge in [0, 0.05) is 11.8 Å². The standard InChI is InChI=1S/C17H21N5O2/c1-3-22(4-2)11-16(23)21-13-5-6-14(20-10-13)15-9-12(17(18)24)7-8-19-15/h5-10H,3-4,11H2,1-2H3,(H2,18,24)(H,21,23). The average molecular weight is 327 g/mol. The molecule has 0 atom stereocenters. The van der Waals surface area contributed by atoms with Gasteiger partial charge < -0.3 is 11.1 Å². The van der Waals surface area contributed by atoms with Crippen LogP contribution in [0.2, 0.25) is 0 Å². The second kappa shape index (κ2) is 8.16. The van der Waals surface area contributed by atoms with Crippen molar-refractivity contribution in [3.05, 3.63) is 42.2 Å². The Morgan fingerprint density at radius 3 is 2.46 bits per heavy atom. The number of pyridine rings is 2. The first-order valence-electron chi connectivity index (χ1n) is 7.78. The zero-order valence-electron chi connectivity index (χ0n) is 13.8. The van der Waals surface area contributed by atoms with Gasteiger partial charge >= 0.3 is 0 Å². The highest BCUT2D eigenvalue weighted by Gasteiger charge is 2.09. The second-order valence-corrected chi connectivity index (χ2v) is 5.24. The summed E-state index contributed by atoms with van der Waals surface area (Å²) in [5.41, 5.74) is 7.40. The molecule has 0 unspecified atom stereocenters. The van der Waals surface area contributed by atoms with Gasteiger partial charge in [-0.25, -0.2) is 0 Å². The predicted molar refractivity (Wildman–Crippen MR) is 92.4 cm³/mol. The molecule has 2 aromatic heterocycles. The highest BCUT2D eigenvalue weighted by atomic mass is 16.2. The predicted octanol–water partition coefficient (Wildman–Crippen LogP) is 1.52. The fourth-order valence-corrected chi connectivity index (χ4v) is 2.19. The highest BCUT2D eigenvalue weighted by Crippen LogP contribution is 2.17. The number of amides is 2. The molecule has 0 aromatic carbocycles. The van der Waals surface area contributed by atoms with Crippen molar-refractivity contribution in [1.82, 2.24) is 14.9 Å². The van der Waals surface area contributed by atoms with Crippen LogP contribution in [0.15, 0.2) is 36.7 Å². The Morgan fingerprint density at radius 1 is 1.12 bits per heavy atom. The van der Waals surface area contributed by atoms with E-state index in [0.29, 0.717) is 29.2 Å². The number of hydrogen-bond acceptors (Lipinski definition) is 5. The number of primary amides is 1. The number of hydrogen-bond donors (Lipinski definition) is 2. The minimum Gasteiger partial charge on any atom is -0.366 e. The summed E-state index contributed by atoms with van der Waals surface area (Å²) in [6, 6.07) is 6.62. The first-order valence-corrected chi connectivity index (χ1v) is 7.78. The lowest BCUT2D eigenvalue weighted by molar-refractivity contribution is -0.117. The zero-order chi connectivity index (χ0) is 17.5. The molecule has 7 nitrogen and oxygen atoms in total. The van der Waals surface area contributed by atoms with Gasteiger partial charge in [0.1, 0.15) is 0 Å². The molecule has 126 valence electrons. The van der Waals surface area contributed by atoms with Gasteiger partial charge in [0.05, 0.1) is 29.8 Å². The number of nitrogens with two attached hydrogens (primary N) is 1. The molecule has 7 heteroatoms. The summed E-state index contributed by atoms with van der Waals surface area (Å²) < 4.78 is 0. The quantitative estimate of drug-likeness (QED) is 0.803. The summed E-state index contributed by atoms with van der Waals surface area (Å²) in [6.07, 6.45) is 3.07. The SMILES string of the molecule is CCN(CC)CC(=O)Nc1ccc(-c2cc(C(N)=O)ccn2)nc1. The van der Waals surface area contributed by atoms with Crippen molar-refractivity contribution < 1.29 is 9.59 Å². The summed E-state index contributed by atoms with van der Waals surface area (Å²) in [5, 5.41) is 2.81. The fourth-order valence-electron chi connectivity index (χ4n) is 2.19. The number of nitrogens with one attached hydrogen (secondary N) is 1. The van der Waals surface area contributed by atoms with Crippen LogP contribution < -0.4 is 11.1 Å². The maximum Gasteiger partial charge on any atom is 0.248 e. The molecular weight excluding hydrogens is 306 g/mol. The lowest BCUT2D eigenvalue weighted by Crippen LogP contribution is -2.32. The molecule has 2 amide bonds. The molecule has 0 bridgehead atoms. The van der Waals surface area contributed by atoms with E-state index in [1.54, 1.807) is 30.5 Å². The lowest BCUT2D eigenvalue weighted by Gasteiger charge is -2.17. The summed E-state index contributed by atoms with van der Waals surface area (Å²) in [4.78, 5) is 33.7. The summed E-state index contributed by atoms with van der Waals surface area (Å²) in [7, 11) is 0. The fraction of sp³-hybridized carbons (Fsp3) is 0.294. The Bertz CT molecular complexity index is 711. The molecule has 24 heavy (non-hydrogen) atoms. The van der Waals surface area contributed by atoms with Crippen LogP contribution in [0, 0.1) is 0 Å². The maximum absolute atomic E-state index is 12.0. The first kappa shape index (κ1) is 17.6. The van der Waals surface area contributed by atoms with Crippen LogP contribution in [-0.4, -0.2) is 46.3 Å². The molecular formula is C17H21N5O2. The van der Waals surface area contributed by atoms with Gasteiger partial charge in [-0.3, -0.25) is 24.5 Å². The number of likely N-dealkylation sites (N-methyl/N-ethyl adjacent to an activating group) is 1. The van der Waals surface area contributed by atoms with Gasteiger partial charge in [0.25, 0.3) is 0 Å². The van der Waals surface area contributed by atoms with E-state index in [9.17, 15) is 9.59 Å². The number of carbonyl (C=O) groups excluding carboxylic acids is 2. The Hall–Kier alpha value is -2.80. The van der Waals surface area contributed by atoms with Crippen molar-refractivity contribution in [1.29, 1.82) is 0 Å². The number of nitrogens with zero attached hydrogens (tertiary/aromatic N) is 3. The summed E-state index contributed by atoms with van der Waals surface area (Å²) >= 11 is 0. The van der Waals surface area contributed by atoms with E-state index in [1.807, 2.05) is 18.7 Å². The van der Waals surface area contributed by atoms with Gasteiger partial charge in [0.15, 0.2) is 0 Å². The minimum atomic E-state index is -0.515. The Balaban J connectivity index is 2.06. The zero-order valence-corrected chi connectivity index (χ0v) is 13.8. The van der Waals surface area contributed by atoms with Gasteiger partial charge in [-0.2, -0.15) is 0 Å². The van der Waals surface area contributed by atoms with Crippen molar-refractivity contribution in [2.75, 3.05) is 25.0 Å². The molecule has 2 aromatic rings. The Morgan fingerprint density at radius 2 is 1.88 bits per heavy atom. The van der Waals surface area contributed by atoms with Crippen LogP contribution in [0.4, 0.5) is 5.69 Å². The number of rotatable bonds is 7. The molecule has 0 fully saturated rings. The van der Waals surface area contributed by atoms with Crippen molar-refractivity contribution in [3.8, 4) is 11.4 Å². The molecule has 0 spiro atoms. The number of carbonyl (C=O) groups is 2. The van der Waals surface area contributed by atoms with E-state index < -0.39 is 5.91 Å². The van der Waals surface area contributed by atoms with E-state index in [0.717, 1.165) is 13.1 Å². The highest BCUT2D eigenvalue weighted by molar-refractivity contribution is 5.94. The molecule has 2 heterocycles. The third-order valence-corrected chi connectivity index (χ3v) is 3.62. The molecule has 0 saturated carbocycles. The van der Waals surface area contributed by atoms with Crippen LogP contribution in [0.25, 0.3) is 11.4 Å². The van der Waals surface area contributed by atoms with Gasteiger partial charge in [0.2, 0.25) is 11.8 Å². The first-order chi connectivity index (χ1) is 11.5. The Labute approximate surface area is 140 Å². The smallest absolute Gasteiger partial charge is 0.248 e. The third kappa shape index (κ3) is 4.60. The van der Waals surface area contributed by atoms with Crippen molar-refractivity contribution in [3.63, 3.8) is 0 Å². The normalized spacial score (nSPS) is 10.6. The van der Waals surface area contributed by atoms with Crippen LogP contribution in [-0.2, 0) is 4.79 Å². The molecule has 2 rings (SSSR count). The maximum atomic E-state index is 12.0. The van der Waals surface area contributed by atoms with E-state index in [2.05, 4.69) is 15.3 Å². The van der Waals surface area contributed by atoms with E-state index in [-0.39, 0.29) is 5.91 Å². The van der Waals surface area contributed by atoms with E-state index >= 15 is 0 Å². The van der Waals surface area contributed by atoms with Gasteiger partial charge in [-0.15, -0.1) is 0 Å². The molecule has 3 N–H and O–H groups in total. The minimum absolute atomic E-state index is 0.0814. The van der Waals surface area contributed by atoms with Crippen LogP contribution in [0.3, 0.4) is 0 Å². The van der Waals surface area contributed by atoms with Crippen molar-refractivity contribution >= 4 is 17.5 Å². The Kier molecular flexibility index (Phi) is 5.97. The lowest BCUT2D eigenvalue weighted by atomic mass is 10.1. The van der Waals surface area contributed by atoms with E-state index in [4.69, 9.17) is 5.73 Å². The summed E-state index contributed by atoms with van der Waals surface area (Å²) in [6.45, 7) is 6.02. The largest absolute Gasteiger partial charge is 0.366 e. The molecule has 0 aliphatic carbocycles. The van der Waals surface area contributed by atoms with Crippen molar-refractivity contribution in [2.45, 2.75) is 13.8 Å². The molecule has 0 radical (unpaired) electrons. The summed E-state index contributed by atoms with van der Waals surface area (Å²) in [5.74, 6) is -0.596. The second-order valence-electron chi connectivity index (χ2n) is 5.24.